The van der Waals surface area contributed by atoms with Gasteiger partial charge in [0.1, 0.15) is 0 Å². The van der Waals surface area contributed by atoms with Gasteiger partial charge in [0.05, 0.1) is 29.3 Å². The molecule has 0 saturated heterocycles. The summed E-state index contributed by atoms with van der Waals surface area (Å²) < 4.78 is 1.86. The van der Waals surface area contributed by atoms with E-state index in [1.54, 1.807) is 7.05 Å². The first-order valence-corrected chi connectivity index (χ1v) is 10.9. The predicted molar refractivity (Wildman–Crippen MR) is 125 cm³/mol. The van der Waals surface area contributed by atoms with Crippen LogP contribution in [0.2, 0.25) is 0 Å². The summed E-state index contributed by atoms with van der Waals surface area (Å²) in [6, 6.07) is 17.9. The molecule has 2 amide bonds. The number of benzene rings is 2. The van der Waals surface area contributed by atoms with Crippen LogP contribution in [0.1, 0.15) is 40.2 Å². The molecule has 4 rings (SSSR count). The van der Waals surface area contributed by atoms with Crippen molar-refractivity contribution in [3.05, 3.63) is 77.1 Å². The fourth-order valence-corrected chi connectivity index (χ4v) is 3.90. The molecule has 1 aliphatic rings. The summed E-state index contributed by atoms with van der Waals surface area (Å²) in [7, 11) is 1.62. The van der Waals surface area contributed by atoms with Crippen molar-refractivity contribution in [2.75, 3.05) is 18.9 Å². The van der Waals surface area contributed by atoms with E-state index in [4.69, 9.17) is 0 Å². The second kappa shape index (κ2) is 9.36. The van der Waals surface area contributed by atoms with Gasteiger partial charge < -0.3 is 10.6 Å². The van der Waals surface area contributed by atoms with Crippen molar-refractivity contribution < 1.29 is 9.59 Å². The summed E-state index contributed by atoms with van der Waals surface area (Å²) in [6.45, 7) is 4.87. The van der Waals surface area contributed by atoms with Crippen molar-refractivity contribution in [1.82, 2.24) is 20.0 Å². The Kier molecular flexibility index (Phi) is 6.37. The second-order valence-corrected chi connectivity index (χ2v) is 8.25. The number of anilines is 1. The van der Waals surface area contributed by atoms with Gasteiger partial charge in [-0.05, 0) is 56.5 Å². The maximum absolute atomic E-state index is 12.9. The number of amides is 2. The number of nitrogens with one attached hydrogen (secondary N) is 2. The van der Waals surface area contributed by atoms with Crippen molar-refractivity contribution >= 4 is 17.5 Å². The van der Waals surface area contributed by atoms with Crippen LogP contribution < -0.4 is 10.6 Å². The van der Waals surface area contributed by atoms with Crippen LogP contribution in [0, 0.1) is 13.8 Å². The molecule has 7 heteroatoms. The van der Waals surface area contributed by atoms with Gasteiger partial charge in [-0.15, -0.1) is 0 Å². The average Bonchev–Trinajstić information content (AvgIpc) is 3.62. The van der Waals surface area contributed by atoms with E-state index in [9.17, 15) is 9.59 Å². The molecule has 7 nitrogen and oxygen atoms in total. The average molecular weight is 432 g/mol. The minimum Gasteiger partial charge on any atom is -0.355 e. The van der Waals surface area contributed by atoms with E-state index >= 15 is 0 Å². The highest BCUT2D eigenvalue weighted by Gasteiger charge is 2.30. The predicted octanol–water partition coefficient (Wildman–Crippen LogP) is 3.45. The van der Waals surface area contributed by atoms with Crippen molar-refractivity contribution in [3.63, 3.8) is 0 Å². The van der Waals surface area contributed by atoms with Crippen LogP contribution >= 0.6 is 0 Å². The third kappa shape index (κ3) is 4.89. The van der Waals surface area contributed by atoms with Crippen LogP contribution in [-0.2, 0) is 11.3 Å². The number of carbonyl (C=O) groups is 2. The van der Waals surface area contributed by atoms with Gasteiger partial charge in [-0.1, -0.05) is 30.3 Å². The smallest absolute Gasteiger partial charge is 0.251 e. The summed E-state index contributed by atoms with van der Waals surface area (Å²) in [5.74, 6) is -0.144. The summed E-state index contributed by atoms with van der Waals surface area (Å²) in [5.41, 5.74) is 5.15. The van der Waals surface area contributed by atoms with Crippen LogP contribution in [0.4, 0.5) is 5.69 Å². The second-order valence-electron chi connectivity index (χ2n) is 8.25. The Morgan fingerprint density at radius 3 is 2.38 bits per heavy atom. The van der Waals surface area contributed by atoms with Crippen LogP contribution in [0.5, 0.6) is 0 Å². The number of para-hydroxylation sites is 1. The van der Waals surface area contributed by atoms with Gasteiger partial charge >= 0.3 is 0 Å². The number of aryl methyl sites for hydroxylation is 1. The standard InChI is InChI=1S/C25H29N5O2/c1-17-24(18(2)30(28-17)22-7-5-4-6-8-22)27-23(31)16-29(21-13-14-21)15-19-9-11-20(12-10-19)25(32)26-3/h4-12,21H,13-16H2,1-3H3,(H,26,32)(H,27,31). The highest BCUT2D eigenvalue weighted by molar-refractivity contribution is 5.94. The molecule has 2 N–H and O–H groups in total. The molecule has 1 saturated carbocycles. The summed E-state index contributed by atoms with van der Waals surface area (Å²) in [6.07, 6.45) is 2.21. The van der Waals surface area contributed by atoms with Crippen LogP contribution in [0.3, 0.4) is 0 Å². The highest BCUT2D eigenvalue weighted by Crippen LogP contribution is 2.29. The first kappa shape index (κ1) is 21.8. The molecule has 1 heterocycles. The number of hydrogen-bond donors (Lipinski definition) is 2. The van der Waals surface area contributed by atoms with Gasteiger partial charge in [0.15, 0.2) is 0 Å². The quantitative estimate of drug-likeness (QED) is 0.573. The molecular formula is C25H29N5O2. The van der Waals surface area contributed by atoms with E-state index in [0.717, 1.165) is 41.2 Å². The third-order valence-electron chi connectivity index (χ3n) is 5.80. The maximum atomic E-state index is 12.9. The van der Waals surface area contributed by atoms with E-state index in [1.807, 2.05) is 73.1 Å². The highest BCUT2D eigenvalue weighted by atomic mass is 16.2. The van der Waals surface area contributed by atoms with E-state index in [0.29, 0.717) is 24.7 Å². The minimum atomic E-state index is -0.100. The zero-order valence-corrected chi connectivity index (χ0v) is 18.8. The SMILES string of the molecule is CNC(=O)c1ccc(CN(CC(=O)Nc2c(C)nn(-c3ccccc3)c2C)C2CC2)cc1. The number of hydrogen-bond acceptors (Lipinski definition) is 4. The topological polar surface area (TPSA) is 79.3 Å². The Hall–Kier alpha value is -3.45. The molecule has 0 radical (unpaired) electrons. The molecule has 166 valence electrons. The van der Waals surface area contributed by atoms with E-state index in [-0.39, 0.29) is 11.8 Å². The Balaban J connectivity index is 1.43. The van der Waals surface area contributed by atoms with E-state index < -0.39 is 0 Å². The third-order valence-corrected chi connectivity index (χ3v) is 5.80. The van der Waals surface area contributed by atoms with Gasteiger partial charge in [-0.25, -0.2) is 4.68 Å². The molecule has 1 aliphatic carbocycles. The molecular weight excluding hydrogens is 402 g/mol. The fraction of sp³-hybridized carbons (Fsp3) is 0.320. The molecule has 32 heavy (non-hydrogen) atoms. The van der Waals surface area contributed by atoms with Crippen LogP contribution in [0.15, 0.2) is 54.6 Å². The maximum Gasteiger partial charge on any atom is 0.251 e. The van der Waals surface area contributed by atoms with Crippen LogP contribution in [-0.4, -0.2) is 46.1 Å². The molecule has 2 aromatic carbocycles. The number of aromatic nitrogens is 2. The minimum absolute atomic E-state index is 0.0438. The molecule has 0 aliphatic heterocycles. The lowest BCUT2D eigenvalue weighted by Crippen LogP contribution is -2.34. The monoisotopic (exact) mass is 431 g/mol. The lowest BCUT2D eigenvalue weighted by Gasteiger charge is -2.21. The largest absolute Gasteiger partial charge is 0.355 e. The van der Waals surface area contributed by atoms with Gasteiger partial charge in [0.2, 0.25) is 5.91 Å². The van der Waals surface area contributed by atoms with E-state index in [1.165, 1.54) is 0 Å². The Morgan fingerprint density at radius 1 is 1.06 bits per heavy atom. The first-order chi connectivity index (χ1) is 15.5. The number of carbonyl (C=O) groups excluding carboxylic acids is 2. The molecule has 0 bridgehead atoms. The summed E-state index contributed by atoms with van der Waals surface area (Å²) >= 11 is 0. The lowest BCUT2D eigenvalue weighted by molar-refractivity contribution is -0.117. The van der Waals surface area contributed by atoms with Gasteiger partial charge in [0.25, 0.3) is 5.91 Å². The van der Waals surface area contributed by atoms with Gasteiger partial charge in [-0.2, -0.15) is 5.10 Å². The number of rotatable bonds is 8. The zero-order valence-electron chi connectivity index (χ0n) is 18.8. The lowest BCUT2D eigenvalue weighted by atomic mass is 10.1. The fourth-order valence-electron chi connectivity index (χ4n) is 3.90. The van der Waals surface area contributed by atoms with Gasteiger partial charge in [-0.3, -0.25) is 14.5 Å². The molecule has 0 unspecified atom stereocenters. The Morgan fingerprint density at radius 2 is 1.75 bits per heavy atom. The molecule has 0 atom stereocenters. The van der Waals surface area contributed by atoms with Crippen molar-refractivity contribution in [2.24, 2.45) is 0 Å². The van der Waals surface area contributed by atoms with Crippen molar-refractivity contribution in [1.29, 1.82) is 0 Å². The van der Waals surface area contributed by atoms with Crippen molar-refractivity contribution in [3.8, 4) is 5.69 Å². The first-order valence-electron chi connectivity index (χ1n) is 10.9. The zero-order chi connectivity index (χ0) is 22.7. The van der Waals surface area contributed by atoms with Crippen molar-refractivity contribution in [2.45, 2.75) is 39.3 Å². The normalized spacial score (nSPS) is 13.2. The summed E-state index contributed by atoms with van der Waals surface area (Å²) in [4.78, 5) is 26.9. The molecule has 3 aromatic rings. The van der Waals surface area contributed by atoms with Crippen LogP contribution in [0.25, 0.3) is 5.69 Å². The van der Waals surface area contributed by atoms with Gasteiger partial charge in [0, 0.05) is 25.2 Å². The van der Waals surface area contributed by atoms with E-state index in [2.05, 4.69) is 20.6 Å². The molecule has 1 aromatic heterocycles. The number of nitrogens with zero attached hydrogens (tertiary/aromatic N) is 3. The molecule has 0 spiro atoms. The summed E-state index contributed by atoms with van der Waals surface area (Å²) in [5, 5.41) is 10.3. The molecule has 1 fully saturated rings. The Labute approximate surface area is 188 Å². The Bertz CT molecular complexity index is 1100.